The molecule has 4 rings (SSSR count). The monoisotopic (exact) mass is 460 g/mol. The number of fused-ring (bicyclic) bond motifs is 1. The second-order valence-corrected chi connectivity index (χ2v) is 7.29. The summed E-state index contributed by atoms with van der Waals surface area (Å²) in [6.45, 7) is 3.20. The molecule has 166 valence electrons. The number of rotatable bonds is 4. The van der Waals surface area contributed by atoms with Gasteiger partial charge in [-0.15, -0.1) is 0 Å². The first-order valence-corrected chi connectivity index (χ1v) is 10.0. The first-order chi connectivity index (χ1) is 15.3. The van der Waals surface area contributed by atoms with E-state index in [-0.39, 0.29) is 12.2 Å². The molecule has 32 heavy (non-hydrogen) atoms. The van der Waals surface area contributed by atoms with Gasteiger partial charge in [0.05, 0.1) is 23.1 Å². The Kier molecular flexibility index (Phi) is 7.24. The van der Waals surface area contributed by atoms with Gasteiger partial charge in [0.1, 0.15) is 5.82 Å². The minimum Gasteiger partial charge on any atom is -0.365 e. The molecule has 0 spiro atoms. The van der Waals surface area contributed by atoms with Crippen molar-refractivity contribution in [3.63, 3.8) is 0 Å². The van der Waals surface area contributed by atoms with Crippen LogP contribution < -0.4 is 4.90 Å². The lowest BCUT2D eigenvalue weighted by molar-refractivity contribution is -0.137. The van der Waals surface area contributed by atoms with E-state index in [1.54, 1.807) is 12.3 Å². The van der Waals surface area contributed by atoms with Gasteiger partial charge in [-0.3, -0.25) is 9.78 Å². The van der Waals surface area contributed by atoms with Gasteiger partial charge in [-0.2, -0.15) is 17.4 Å². The maximum atomic E-state index is 12.9. The Morgan fingerprint density at radius 2 is 1.94 bits per heavy atom. The van der Waals surface area contributed by atoms with Crippen LogP contribution in [0, 0.1) is 6.92 Å². The predicted octanol–water partition coefficient (Wildman–Crippen LogP) is 3.85. The van der Waals surface area contributed by atoms with Crippen LogP contribution in [0.15, 0.2) is 48.9 Å². The molecule has 0 radical (unpaired) electrons. The van der Waals surface area contributed by atoms with Gasteiger partial charge in [-0.1, -0.05) is 18.2 Å². The zero-order valence-electron chi connectivity index (χ0n) is 17.1. The number of benzene rings is 1. The van der Waals surface area contributed by atoms with E-state index in [2.05, 4.69) is 32.4 Å². The molecule has 0 saturated heterocycles. The molecule has 0 unspecified atom stereocenters. The predicted molar refractivity (Wildman–Crippen MR) is 113 cm³/mol. The molecule has 6 nitrogen and oxygen atoms in total. The van der Waals surface area contributed by atoms with Gasteiger partial charge in [-0.25, -0.2) is 9.97 Å². The maximum Gasteiger partial charge on any atom is 0.416 e. The van der Waals surface area contributed by atoms with E-state index < -0.39 is 11.7 Å². The summed E-state index contributed by atoms with van der Waals surface area (Å²) in [6, 6.07) is 6.58. The lowest BCUT2D eigenvalue weighted by Crippen LogP contribution is -2.31. The summed E-state index contributed by atoms with van der Waals surface area (Å²) in [4.78, 5) is 27.7. The van der Waals surface area contributed by atoms with Crippen molar-refractivity contribution in [1.82, 2.24) is 15.0 Å². The third kappa shape index (κ3) is 5.50. The summed E-state index contributed by atoms with van der Waals surface area (Å²) in [6.07, 6.45) is 1.16. The fraction of sp³-hybridized carbons (Fsp3) is 0.273. The molecule has 0 fully saturated rings. The van der Waals surface area contributed by atoms with Gasteiger partial charge >= 0.3 is 6.18 Å². The molecule has 10 heteroatoms. The molecule has 0 saturated carbocycles. The standard InChI is InChI=1S/C22H19F3N4O.OS/c1-14-27-11-17-13-29(6-5-20(17)28-14)19-9-16(10-26-12-19)21(30)8-15-3-2-4-18(7-15)22(23,24)25;1-2/h2-4,7,9-12H,5-6,8,13H2,1H3;. The molecular weight excluding hydrogens is 441 g/mol. The summed E-state index contributed by atoms with van der Waals surface area (Å²) in [5.74, 6) is 0.464. The van der Waals surface area contributed by atoms with Gasteiger partial charge in [-0.05, 0) is 24.6 Å². The number of aromatic nitrogens is 3. The zero-order valence-corrected chi connectivity index (χ0v) is 17.9. The number of Topliss-reactive ketones (excluding diaryl/α,β-unsaturated/α-hetero) is 1. The Hall–Kier alpha value is -3.27. The number of carbonyl (C=O) groups is 1. The summed E-state index contributed by atoms with van der Waals surface area (Å²) in [7, 11) is 0. The number of hydrogen-bond acceptors (Lipinski definition) is 7. The fourth-order valence-electron chi connectivity index (χ4n) is 3.53. The Balaban J connectivity index is 0.00000141. The average Bonchev–Trinajstić information content (AvgIpc) is 2.80. The molecule has 0 bridgehead atoms. The molecule has 0 atom stereocenters. The van der Waals surface area contributed by atoms with Crippen molar-refractivity contribution in [2.75, 3.05) is 11.4 Å². The average molecular weight is 460 g/mol. The van der Waals surface area contributed by atoms with Gasteiger partial charge < -0.3 is 4.90 Å². The van der Waals surface area contributed by atoms with E-state index in [4.69, 9.17) is 4.21 Å². The van der Waals surface area contributed by atoms with Crippen LogP contribution in [0.3, 0.4) is 0 Å². The lowest BCUT2D eigenvalue weighted by Gasteiger charge is -2.29. The Morgan fingerprint density at radius 1 is 1.16 bits per heavy atom. The van der Waals surface area contributed by atoms with E-state index in [0.717, 1.165) is 47.9 Å². The number of halogens is 3. The van der Waals surface area contributed by atoms with E-state index >= 15 is 0 Å². The van der Waals surface area contributed by atoms with Crippen molar-refractivity contribution in [3.8, 4) is 0 Å². The Morgan fingerprint density at radius 3 is 2.69 bits per heavy atom. The van der Waals surface area contributed by atoms with Crippen molar-refractivity contribution < 1.29 is 22.2 Å². The summed E-state index contributed by atoms with van der Waals surface area (Å²) in [5, 5.41) is 0. The van der Waals surface area contributed by atoms with Crippen LogP contribution in [-0.2, 0) is 38.1 Å². The van der Waals surface area contributed by atoms with Crippen LogP contribution in [0.5, 0.6) is 0 Å². The minimum absolute atomic E-state index is 0.120. The smallest absolute Gasteiger partial charge is 0.365 e. The zero-order chi connectivity index (χ0) is 23.3. The highest BCUT2D eigenvalue weighted by Gasteiger charge is 2.30. The van der Waals surface area contributed by atoms with E-state index in [1.807, 2.05) is 13.1 Å². The van der Waals surface area contributed by atoms with E-state index in [0.29, 0.717) is 17.7 Å². The third-order valence-electron chi connectivity index (χ3n) is 5.08. The number of aryl methyl sites for hydroxylation is 1. The van der Waals surface area contributed by atoms with Crippen LogP contribution in [0.2, 0.25) is 0 Å². The maximum absolute atomic E-state index is 12.9. The van der Waals surface area contributed by atoms with Crippen LogP contribution in [0.25, 0.3) is 0 Å². The van der Waals surface area contributed by atoms with Crippen LogP contribution in [0.1, 0.15) is 38.6 Å². The number of anilines is 1. The largest absolute Gasteiger partial charge is 0.416 e. The van der Waals surface area contributed by atoms with E-state index in [1.165, 1.54) is 18.3 Å². The highest BCUT2D eigenvalue weighted by Crippen LogP contribution is 2.30. The lowest BCUT2D eigenvalue weighted by atomic mass is 10.0. The van der Waals surface area contributed by atoms with Gasteiger partial charge in [0.15, 0.2) is 18.3 Å². The molecule has 3 heterocycles. The number of hydrogen-bond donors (Lipinski definition) is 0. The minimum atomic E-state index is -4.44. The van der Waals surface area contributed by atoms with Crippen molar-refractivity contribution in [3.05, 3.63) is 82.7 Å². The van der Waals surface area contributed by atoms with Crippen LogP contribution in [0.4, 0.5) is 18.9 Å². The van der Waals surface area contributed by atoms with Gasteiger partial charge in [0.2, 0.25) is 0 Å². The third-order valence-corrected chi connectivity index (χ3v) is 5.08. The number of alkyl halides is 3. The Bertz CT molecular complexity index is 1120. The molecule has 2 aromatic heterocycles. The number of carbonyl (C=O) groups excluding carboxylic acids is 1. The first-order valence-electron chi connectivity index (χ1n) is 9.67. The molecule has 1 aliphatic rings. The molecule has 3 aromatic rings. The van der Waals surface area contributed by atoms with Crippen molar-refractivity contribution in [2.24, 2.45) is 0 Å². The second-order valence-electron chi connectivity index (χ2n) is 7.29. The molecular formula is C22H19F3N4O2S. The molecule has 0 aliphatic carbocycles. The molecule has 0 amide bonds. The number of ketones is 1. The number of nitrogens with zero attached hydrogens (tertiary/aromatic N) is 4. The first kappa shape index (κ1) is 23.4. The van der Waals surface area contributed by atoms with E-state index in [9.17, 15) is 18.0 Å². The van der Waals surface area contributed by atoms with Crippen molar-refractivity contribution in [2.45, 2.75) is 32.5 Å². The highest BCUT2D eigenvalue weighted by atomic mass is 32.1. The van der Waals surface area contributed by atoms with Crippen LogP contribution in [-0.4, -0.2) is 31.5 Å². The second kappa shape index (κ2) is 9.90. The molecule has 1 aliphatic heterocycles. The fourth-order valence-corrected chi connectivity index (χ4v) is 3.53. The van der Waals surface area contributed by atoms with Gasteiger partial charge in [0, 0.05) is 49.5 Å². The topological polar surface area (TPSA) is 76.1 Å². The highest BCUT2D eigenvalue weighted by molar-refractivity contribution is 7.44. The quantitative estimate of drug-likeness (QED) is 0.548. The summed E-state index contributed by atoms with van der Waals surface area (Å²) in [5.41, 5.74) is 2.78. The van der Waals surface area contributed by atoms with Crippen molar-refractivity contribution in [1.29, 1.82) is 0 Å². The normalized spacial score (nSPS) is 13.1. The molecule has 1 aromatic carbocycles. The van der Waals surface area contributed by atoms with Crippen LogP contribution >= 0.6 is 0 Å². The summed E-state index contributed by atoms with van der Waals surface area (Å²) >= 11 is 2.83. The van der Waals surface area contributed by atoms with Crippen molar-refractivity contribution >= 4 is 24.0 Å². The molecule has 0 N–H and O–H groups in total. The Labute approximate surface area is 188 Å². The SMILES string of the molecule is Cc1ncc2c(n1)CCN(c1cncc(C(=O)Cc3cccc(C(F)(F)F)c3)c1)C2.O=S. The number of pyridine rings is 1. The summed E-state index contributed by atoms with van der Waals surface area (Å²) < 4.78 is 46.5. The van der Waals surface area contributed by atoms with Gasteiger partial charge in [0.25, 0.3) is 0 Å².